The number of carbonyl (C=O) groups excluding carboxylic acids is 4. The van der Waals surface area contributed by atoms with E-state index in [1.807, 2.05) is 0 Å². The van der Waals surface area contributed by atoms with Crippen molar-refractivity contribution >= 4 is 66.6 Å². The summed E-state index contributed by atoms with van der Waals surface area (Å²) in [6.45, 7) is 0. The minimum absolute atomic E-state index is 0.115. The van der Waals surface area contributed by atoms with Gasteiger partial charge in [-0.3, -0.25) is 19.2 Å². The van der Waals surface area contributed by atoms with Gasteiger partial charge in [0.2, 0.25) is 0 Å². The van der Waals surface area contributed by atoms with Crippen molar-refractivity contribution in [1.82, 2.24) is 0 Å². The number of hydrogen-bond acceptors (Lipinski definition) is 4. The smallest absolute Gasteiger partial charge is 0.256 e. The molecular weight excluding hydrogens is 588 g/mol. The molecule has 0 fully saturated rings. The van der Waals surface area contributed by atoms with E-state index in [0.717, 1.165) is 0 Å². The predicted molar refractivity (Wildman–Crippen MR) is 144 cm³/mol. The molecule has 0 saturated heterocycles. The average Bonchev–Trinajstić information content (AvgIpc) is 2.87. The molecule has 176 valence electrons. The van der Waals surface area contributed by atoms with Gasteiger partial charge in [-0.1, -0.05) is 48.5 Å². The second kappa shape index (κ2) is 9.64. The zero-order valence-electron chi connectivity index (χ0n) is 18.5. The van der Waals surface area contributed by atoms with Crippen LogP contribution in [-0.4, -0.2) is 23.4 Å². The minimum Gasteiger partial charge on any atom is -0.321 e. The van der Waals surface area contributed by atoms with Crippen molar-refractivity contribution in [1.29, 1.82) is 0 Å². The fourth-order valence-corrected chi connectivity index (χ4v) is 5.05. The lowest BCUT2D eigenvalue weighted by Gasteiger charge is -2.22. The molecule has 2 amide bonds. The summed E-state index contributed by atoms with van der Waals surface area (Å²) in [7, 11) is 0. The molecule has 4 aromatic rings. The van der Waals surface area contributed by atoms with Crippen molar-refractivity contribution in [3.05, 3.63) is 127 Å². The maximum atomic E-state index is 13.6. The summed E-state index contributed by atoms with van der Waals surface area (Å²) >= 11 is 6.71. The van der Waals surface area contributed by atoms with E-state index in [2.05, 4.69) is 42.5 Å². The highest BCUT2D eigenvalue weighted by Gasteiger charge is 2.34. The van der Waals surface area contributed by atoms with Crippen LogP contribution in [0.3, 0.4) is 0 Å². The SMILES string of the molecule is O=C(Nc1cccc2c1C(=O)c1cccc(NC(=O)c3ccccc3Br)c1C2=O)c1ccccc1Br. The van der Waals surface area contributed by atoms with Gasteiger partial charge < -0.3 is 10.6 Å². The van der Waals surface area contributed by atoms with Crippen molar-refractivity contribution in [2.45, 2.75) is 0 Å². The van der Waals surface area contributed by atoms with E-state index < -0.39 is 23.4 Å². The number of amides is 2. The normalized spacial score (nSPS) is 11.9. The van der Waals surface area contributed by atoms with Crippen molar-refractivity contribution in [2.75, 3.05) is 10.6 Å². The topological polar surface area (TPSA) is 92.3 Å². The molecule has 6 nitrogen and oxygen atoms in total. The van der Waals surface area contributed by atoms with Gasteiger partial charge in [0, 0.05) is 20.1 Å². The zero-order chi connectivity index (χ0) is 25.4. The van der Waals surface area contributed by atoms with Crippen LogP contribution in [0.5, 0.6) is 0 Å². The third-order valence-electron chi connectivity index (χ3n) is 5.81. The van der Waals surface area contributed by atoms with Crippen molar-refractivity contribution in [3.8, 4) is 0 Å². The highest BCUT2D eigenvalue weighted by molar-refractivity contribution is 9.10. The standard InChI is InChI=1S/C28H16Br2N2O4/c29-19-11-3-1-7-15(19)27(35)31-21-13-5-9-17-23(21)25(33)18-10-6-14-22(24(18)26(17)34)32-28(36)16-8-2-4-12-20(16)30/h1-14H,(H,31,35)(H,32,36). The molecule has 36 heavy (non-hydrogen) atoms. The van der Waals surface area contributed by atoms with Gasteiger partial charge in [0.05, 0.1) is 33.6 Å². The van der Waals surface area contributed by atoms with Crippen LogP contribution < -0.4 is 10.6 Å². The van der Waals surface area contributed by atoms with Gasteiger partial charge in [0.25, 0.3) is 11.8 Å². The number of anilines is 2. The Morgan fingerprint density at radius 3 is 1.31 bits per heavy atom. The molecule has 0 atom stereocenters. The number of nitrogens with one attached hydrogen (secondary N) is 2. The molecular formula is C28H16Br2N2O4. The van der Waals surface area contributed by atoms with E-state index >= 15 is 0 Å². The fraction of sp³-hybridized carbons (Fsp3) is 0. The summed E-state index contributed by atoms with van der Waals surface area (Å²) in [5, 5.41) is 5.53. The van der Waals surface area contributed by atoms with Crippen LogP contribution in [0.4, 0.5) is 11.4 Å². The maximum absolute atomic E-state index is 13.6. The number of ketones is 2. The quantitative estimate of drug-likeness (QED) is 0.245. The molecule has 1 aliphatic rings. The van der Waals surface area contributed by atoms with E-state index in [1.165, 1.54) is 0 Å². The van der Waals surface area contributed by atoms with E-state index in [9.17, 15) is 19.2 Å². The lowest BCUT2D eigenvalue weighted by Crippen LogP contribution is -2.26. The van der Waals surface area contributed by atoms with Crippen LogP contribution in [-0.2, 0) is 0 Å². The zero-order valence-corrected chi connectivity index (χ0v) is 21.6. The van der Waals surface area contributed by atoms with E-state index in [1.54, 1.807) is 84.9 Å². The highest BCUT2D eigenvalue weighted by atomic mass is 79.9. The Morgan fingerprint density at radius 1 is 0.528 bits per heavy atom. The van der Waals surface area contributed by atoms with E-state index in [0.29, 0.717) is 20.1 Å². The van der Waals surface area contributed by atoms with Gasteiger partial charge in [-0.25, -0.2) is 0 Å². The highest BCUT2D eigenvalue weighted by Crippen LogP contribution is 2.36. The Bertz CT molecular complexity index is 1480. The predicted octanol–water partition coefficient (Wildman–Crippen LogP) is 6.49. The maximum Gasteiger partial charge on any atom is 0.256 e. The Hall–Kier alpha value is -3.88. The summed E-state index contributed by atoms with van der Waals surface area (Å²) in [6.07, 6.45) is 0. The molecule has 0 saturated carbocycles. The van der Waals surface area contributed by atoms with Crippen LogP contribution in [0.2, 0.25) is 0 Å². The molecule has 0 unspecified atom stereocenters. The Balaban J connectivity index is 1.52. The summed E-state index contributed by atoms with van der Waals surface area (Å²) in [5.41, 5.74) is 1.79. The molecule has 5 rings (SSSR count). The number of hydrogen-bond donors (Lipinski definition) is 2. The third-order valence-corrected chi connectivity index (χ3v) is 7.19. The molecule has 2 N–H and O–H groups in total. The largest absolute Gasteiger partial charge is 0.321 e. The van der Waals surface area contributed by atoms with Crippen LogP contribution in [0, 0.1) is 0 Å². The minimum atomic E-state index is -0.420. The first-order valence-corrected chi connectivity index (χ1v) is 12.4. The summed E-state index contributed by atoms with van der Waals surface area (Å²) in [6, 6.07) is 23.3. The van der Waals surface area contributed by atoms with Gasteiger partial charge in [-0.05, 0) is 68.3 Å². The number of benzene rings is 4. The fourth-order valence-electron chi connectivity index (χ4n) is 4.12. The second-order valence-corrected chi connectivity index (χ2v) is 9.69. The third kappa shape index (κ3) is 4.19. The van der Waals surface area contributed by atoms with Crippen LogP contribution in [0.15, 0.2) is 93.9 Å². The molecule has 0 radical (unpaired) electrons. The molecule has 1 aliphatic carbocycles. The Labute approximate surface area is 223 Å². The summed E-state index contributed by atoms with van der Waals surface area (Å²) < 4.78 is 1.20. The van der Waals surface area contributed by atoms with Crippen molar-refractivity contribution in [2.24, 2.45) is 0 Å². The van der Waals surface area contributed by atoms with E-state index in [4.69, 9.17) is 0 Å². The monoisotopic (exact) mass is 602 g/mol. The average molecular weight is 604 g/mol. The lowest BCUT2D eigenvalue weighted by atomic mass is 9.82. The summed E-state index contributed by atoms with van der Waals surface area (Å²) in [5.74, 6) is -1.67. The Kier molecular flexibility index (Phi) is 6.38. The first-order valence-electron chi connectivity index (χ1n) is 10.8. The van der Waals surface area contributed by atoms with Gasteiger partial charge in [-0.2, -0.15) is 0 Å². The second-order valence-electron chi connectivity index (χ2n) is 7.98. The number of carbonyl (C=O) groups is 4. The molecule has 0 heterocycles. The molecule has 8 heteroatoms. The van der Waals surface area contributed by atoms with E-state index in [-0.39, 0.29) is 33.6 Å². The number of halogens is 2. The van der Waals surface area contributed by atoms with Crippen molar-refractivity contribution < 1.29 is 19.2 Å². The van der Waals surface area contributed by atoms with Gasteiger partial charge >= 0.3 is 0 Å². The Morgan fingerprint density at radius 2 is 0.917 bits per heavy atom. The first-order chi connectivity index (χ1) is 17.4. The molecule has 4 aromatic carbocycles. The molecule has 0 bridgehead atoms. The number of rotatable bonds is 4. The lowest BCUT2D eigenvalue weighted by molar-refractivity contribution is 0.0977. The van der Waals surface area contributed by atoms with Gasteiger partial charge in [0.15, 0.2) is 11.6 Å². The summed E-state index contributed by atoms with van der Waals surface area (Å²) in [4.78, 5) is 53.0. The van der Waals surface area contributed by atoms with Crippen LogP contribution in [0.25, 0.3) is 0 Å². The number of fused-ring (bicyclic) bond motifs is 2. The molecule has 0 aromatic heterocycles. The van der Waals surface area contributed by atoms with Crippen LogP contribution in [0.1, 0.15) is 52.6 Å². The van der Waals surface area contributed by atoms with Crippen LogP contribution >= 0.6 is 31.9 Å². The van der Waals surface area contributed by atoms with Crippen molar-refractivity contribution in [3.63, 3.8) is 0 Å². The first kappa shape index (κ1) is 23.8. The van der Waals surface area contributed by atoms with Gasteiger partial charge in [-0.15, -0.1) is 0 Å². The molecule has 0 spiro atoms. The molecule has 0 aliphatic heterocycles. The van der Waals surface area contributed by atoms with Gasteiger partial charge in [0.1, 0.15) is 0 Å².